The second-order valence-electron chi connectivity index (χ2n) is 8.02. The van der Waals surface area contributed by atoms with Crippen LogP contribution in [0.25, 0.3) is 0 Å². The molecule has 0 aliphatic rings. The molecule has 0 spiro atoms. The lowest BCUT2D eigenvalue weighted by atomic mass is 10.1. The van der Waals surface area contributed by atoms with Gasteiger partial charge in [-0.15, -0.1) is 0 Å². The number of carbonyl (C=O) groups excluding carboxylic acids is 1. The maximum absolute atomic E-state index is 12.9. The highest BCUT2D eigenvalue weighted by molar-refractivity contribution is 7.89. The third-order valence-corrected chi connectivity index (χ3v) is 6.87. The van der Waals surface area contributed by atoms with Crippen molar-refractivity contribution in [1.29, 1.82) is 0 Å². The second kappa shape index (κ2) is 11.1. The number of ether oxygens (including phenoxy) is 1. The molecule has 0 saturated heterocycles. The first-order valence-corrected chi connectivity index (χ1v) is 12.5. The third kappa shape index (κ3) is 6.66. The second-order valence-corrected chi connectivity index (χ2v) is 9.75. The summed E-state index contributed by atoms with van der Waals surface area (Å²) in [5, 5.41) is 2.83. The van der Waals surface area contributed by atoms with E-state index >= 15 is 0 Å². The number of hydrogen-bond donors (Lipinski definition) is 2. The molecular weight excluding hydrogens is 464 g/mol. The number of benzene rings is 3. The van der Waals surface area contributed by atoms with Crippen LogP contribution in [0.2, 0.25) is 0 Å². The Bertz CT molecular complexity index is 1380. The van der Waals surface area contributed by atoms with Crippen molar-refractivity contribution in [2.24, 2.45) is 0 Å². The Morgan fingerprint density at radius 1 is 0.886 bits per heavy atom. The number of rotatable bonds is 10. The predicted octanol–water partition coefficient (Wildman–Crippen LogP) is 5.04. The van der Waals surface area contributed by atoms with Crippen LogP contribution < -0.4 is 10.0 Å². The summed E-state index contributed by atoms with van der Waals surface area (Å²) in [6.07, 6.45) is 1.59. The van der Waals surface area contributed by atoms with Gasteiger partial charge in [-0.2, -0.15) is 0 Å². The van der Waals surface area contributed by atoms with Crippen LogP contribution in [-0.4, -0.2) is 14.3 Å². The highest BCUT2D eigenvalue weighted by Gasteiger charge is 2.19. The summed E-state index contributed by atoms with van der Waals surface area (Å²) in [6, 6.07) is 24.8. The van der Waals surface area contributed by atoms with Crippen molar-refractivity contribution >= 4 is 21.6 Å². The topological polar surface area (TPSA) is 97.6 Å². The molecule has 1 aromatic heterocycles. The Balaban J connectivity index is 1.42. The summed E-state index contributed by atoms with van der Waals surface area (Å²) >= 11 is 0. The molecule has 4 rings (SSSR count). The molecule has 0 aliphatic carbocycles. The summed E-state index contributed by atoms with van der Waals surface area (Å²) < 4.78 is 39.4. The fraction of sp³-hybridized carbons (Fsp3) is 0.148. The SMILES string of the molecule is Cc1ccc(C(=O)Nc2cccc(COCc3ccco3)c2)cc1S(=O)(=O)NCc1ccccc1. The number of aryl methyl sites for hydroxylation is 1. The van der Waals surface area contributed by atoms with E-state index in [2.05, 4.69) is 10.0 Å². The molecule has 35 heavy (non-hydrogen) atoms. The van der Waals surface area contributed by atoms with Gasteiger partial charge in [0.15, 0.2) is 0 Å². The van der Waals surface area contributed by atoms with Gasteiger partial charge in [-0.25, -0.2) is 13.1 Å². The molecule has 7 nitrogen and oxygen atoms in total. The first-order chi connectivity index (χ1) is 16.9. The molecule has 1 heterocycles. The molecule has 0 aliphatic heterocycles. The van der Waals surface area contributed by atoms with Gasteiger partial charge in [0.1, 0.15) is 12.4 Å². The molecule has 1 amide bonds. The zero-order valence-corrected chi connectivity index (χ0v) is 20.0. The van der Waals surface area contributed by atoms with Crippen LogP contribution in [0.3, 0.4) is 0 Å². The van der Waals surface area contributed by atoms with E-state index in [1.54, 1.807) is 37.5 Å². The summed E-state index contributed by atoms with van der Waals surface area (Å²) in [5.41, 5.74) is 3.11. The number of sulfonamides is 1. The van der Waals surface area contributed by atoms with Gasteiger partial charge in [-0.1, -0.05) is 48.5 Å². The van der Waals surface area contributed by atoms with E-state index in [0.29, 0.717) is 24.5 Å². The first-order valence-electron chi connectivity index (χ1n) is 11.1. The molecule has 3 aromatic carbocycles. The summed E-state index contributed by atoms with van der Waals surface area (Å²) in [7, 11) is -3.81. The fourth-order valence-corrected chi connectivity index (χ4v) is 4.78. The van der Waals surface area contributed by atoms with Crippen molar-refractivity contribution in [3.05, 3.63) is 119 Å². The van der Waals surface area contributed by atoms with Crippen LogP contribution >= 0.6 is 0 Å². The Morgan fingerprint density at radius 3 is 2.46 bits per heavy atom. The van der Waals surface area contributed by atoms with E-state index in [1.165, 1.54) is 6.07 Å². The van der Waals surface area contributed by atoms with Crippen LogP contribution in [0.1, 0.15) is 32.8 Å². The maximum atomic E-state index is 12.9. The summed E-state index contributed by atoms with van der Waals surface area (Å²) in [6.45, 7) is 2.56. The normalized spacial score (nSPS) is 11.3. The van der Waals surface area contributed by atoms with Crippen molar-refractivity contribution in [2.45, 2.75) is 31.6 Å². The zero-order chi connectivity index (χ0) is 24.7. The molecule has 2 N–H and O–H groups in total. The van der Waals surface area contributed by atoms with Gasteiger partial charge in [0.25, 0.3) is 5.91 Å². The molecule has 8 heteroatoms. The van der Waals surface area contributed by atoms with Crippen molar-refractivity contribution in [3.8, 4) is 0 Å². The van der Waals surface area contributed by atoms with Crippen LogP contribution in [0.15, 0.2) is 101 Å². The molecule has 0 fully saturated rings. The van der Waals surface area contributed by atoms with Gasteiger partial charge in [0, 0.05) is 17.8 Å². The minimum absolute atomic E-state index is 0.0705. The van der Waals surface area contributed by atoms with E-state index in [-0.39, 0.29) is 17.0 Å². The smallest absolute Gasteiger partial charge is 0.255 e. The van der Waals surface area contributed by atoms with Crippen molar-refractivity contribution < 1.29 is 22.4 Å². The number of anilines is 1. The van der Waals surface area contributed by atoms with Crippen molar-refractivity contribution in [1.82, 2.24) is 4.72 Å². The van der Waals surface area contributed by atoms with Gasteiger partial charge in [-0.3, -0.25) is 4.79 Å². The van der Waals surface area contributed by atoms with Gasteiger partial charge < -0.3 is 14.5 Å². The zero-order valence-electron chi connectivity index (χ0n) is 19.2. The average Bonchev–Trinajstić information content (AvgIpc) is 3.37. The first kappa shape index (κ1) is 24.4. The Morgan fingerprint density at radius 2 is 1.69 bits per heavy atom. The standard InChI is InChI=1S/C27H26N2O5S/c1-20-12-13-23(16-26(20)35(31,32)28-17-21-7-3-2-4-8-21)27(30)29-24-10-5-9-22(15-24)18-33-19-25-11-6-14-34-25/h2-16,28H,17-19H2,1H3,(H,29,30). The Labute approximate surface area is 204 Å². The highest BCUT2D eigenvalue weighted by Crippen LogP contribution is 2.20. The van der Waals surface area contributed by atoms with Crippen LogP contribution in [-0.2, 0) is 34.5 Å². The third-order valence-electron chi connectivity index (χ3n) is 5.33. The lowest BCUT2D eigenvalue weighted by Crippen LogP contribution is -2.24. The fourth-order valence-electron chi connectivity index (χ4n) is 3.49. The molecule has 0 unspecified atom stereocenters. The van der Waals surface area contributed by atoms with Crippen molar-refractivity contribution in [3.63, 3.8) is 0 Å². The van der Waals surface area contributed by atoms with Gasteiger partial charge in [-0.05, 0) is 60.0 Å². The molecule has 0 radical (unpaired) electrons. The highest BCUT2D eigenvalue weighted by atomic mass is 32.2. The van der Waals surface area contributed by atoms with E-state index in [1.807, 2.05) is 54.6 Å². The minimum Gasteiger partial charge on any atom is -0.467 e. The number of furan rings is 1. The molecule has 180 valence electrons. The molecular formula is C27H26N2O5S. The largest absolute Gasteiger partial charge is 0.467 e. The van der Waals surface area contributed by atoms with E-state index in [4.69, 9.17) is 9.15 Å². The molecule has 0 atom stereocenters. The van der Waals surface area contributed by atoms with Crippen LogP contribution in [0.4, 0.5) is 5.69 Å². The lowest BCUT2D eigenvalue weighted by molar-refractivity contribution is 0.0929. The van der Waals surface area contributed by atoms with E-state index in [0.717, 1.165) is 16.9 Å². The van der Waals surface area contributed by atoms with Gasteiger partial charge in [0.2, 0.25) is 10.0 Å². The van der Waals surface area contributed by atoms with E-state index in [9.17, 15) is 13.2 Å². The lowest BCUT2D eigenvalue weighted by Gasteiger charge is -2.12. The average molecular weight is 491 g/mol. The number of amides is 1. The van der Waals surface area contributed by atoms with Crippen LogP contribution in [0.5, 0.6) is 0 Å². The van der Waals surface area contributed by atoms with Crippen LogP contribution in [0, 0.1) is 6.92 Å². The van der Waals surface area contributed by atoms with Crippen molar-refractivity contribution in [2.75, 3.05) is 5.32 Å². The number of hydrogen-bond acceptors (Lipinski definition) is 5. The van der Waals surface area contributed by atoms with Gasteiger partial charge in [0.05, 0.1) is 17.8 Å². The van der Waals surface area contributed by atoms with E-state index < -0.39 is 15.9 Å². The number of nitrogens with one attached hydrogen (secondary N) is 2. The minimum atomic E-state index is -3.81. The quantitative estimate of drug-likeness (QED) is 0.325. The summed E-state index contributed by atoms with van der Waals surface area (Å²) in [5.74, 6) is 0.330. The molecule has 0 saturated carbocycles. The Hall–Kier alpha value is -3.72. The monoisotopic (exact) mass is 490 g/mol. The molecule has 4 aromatic rings. The van der Waals surface area contributed by atoms with Gasteiger partial charge >= 0.3 is 0 Å². The predicted molar refractivity (Wildman–Crippen MR) is 133 cm³/mol. The molecule has 0 bridgehead atoms. The summed E-state index contributed by atoms with van der Waals surface area (Å²) in [4.78, 5) is 13.0. The Kier molecular flexibility index (Phi) is 7.77. The maximum Gasteiger partial charge on any atom is 0.255 e. The number of carbonyl (C=O) groups is 1.